The van der Waals surface area contributed by atoms with E-state index in [0.717, 1.165) is 78.1 Å². The van der Waals surface area contributed by atoms with Crippen molar-refractivity contribution in [1.29, 1.82) is 0 Å². The van der Waals surface area contributed by atoms with Gasteiger partial charge in [-0.05, 0) is 66.7 Å². The van der Waals surface area contributed by atoms with E-state index in [2.05, 4.69) is 214 Å². The lowest BCUT2D eigenvalue weighted by Gasteiger charge is -2.13. The number of hydrogen-bond donors (Lipinski definition) is 0. The summed E-state index contributed by atoms with van der Waals surface area (Å²) in [4.78, 5) is 10.6. The number of para-hydroxylation sites is 4. The van der Waals surface area contributed by atoms with Gasteiger partial charge in [0.05, 0.1) is 44.5 Å². The fraction of sp³-hybridized carbons (Fsp3) is 0. The maximum Gasteiger partial charge on any atom is 0.160 e. The van der Waals surface area contributed by atoms with Gasteiger partial charge in [-0.15, -0.1) is 0 Å². The van der Waals surface area contributed by atoms with Gasteiger partial charge in [0.25, 0.3) is 0 Å². The normalized spacial score (nSPS) is 11.8. The van der Waals surface area contributed by atoms with Crippen LogP contribution in [-0.4, -0.2) is 23.7 Å². The van der Waals surface area contributed by atoms with Crippen molar-refractivity contribution < 1.29 is 0 Å². The van der Waals surface area contributed by atoms with Crippen LogP contribution in [0.1, 0.15) is 0 Å². The average Bonchev–Trinajstić information content (AvgIpc) is 4.00. The van der Waals surface area contributed by atoms with Crippen molar-refractivity contribution in [2.45, 2.75) is 0 Å². The number of benzene rings is 9. The van der Waals surface area contributed by atoms with Crippen molar-refractivity contribution in [3.63, 3.8) is 0 Å². The first-order chi connectivity index (χ1) is 31.3. The third-order valence-electron chi connectivity index (χ3n) is 12.6. The Morgan fingerprint density at radius 3 is 1.49 bits per heavy atom. The molecule has 4 heterocycles. The summed E-state index contributed by atoms with van der Waals surface area (Å²) in [6.45, 7) is 0. The van der Waals surface area contributed by atoms with Crippen molar-refractivity contribution in [1.82, 2.24) is 23.7 Å². The fourth-order valence-electron chi connectivity index (χ4n) is 9.95. The summed E-state index contributed by atoms with van der Waals surface area (Å²) in [5, 5.41) is 7.17. The molecule has 5 nitrogen and oxygen atoms in total. The van der Waals surface area contributed by atoms with Gasteiger partial charge in [-0.25, -0.2) is 9.97 Å². The minimum absolute atomic E-state index is 0.692. The Balaban J connectivity index is 1.18. The summed E-state index contributed by atoms with van der Waals surface area (Å²) in [7, 11) is 0. The summed E-state index contributed by atoms with van der Waals surface area (Å²) in [5.74, 6) is 0.692. The molecule has 9 aromatic carbocycles. The summed E-state index contributed by atoms with van der Waals surface area (Å²) in [6.07, 6.45) is 0. The molecule has 0 radical (unpaired) electrons. The van der Waals surface area contributed by atoms with Gasteiger partial charge < -0.3 is 13.7 Å². The first-order valence-corrected chi connectivity index (χ1v) is 21.4. The van der Waals surface area contributed by atoms with Crippen LogP contribution in [0.2, 0.25) is 0 Å². The van der Waals surface area contributed by atoms with Crippen LogP contribution >= 0.6 is 0 Å². The zero-order chi connectivity index (χ0) is 41.4. The van der Waals surface area contributed by atoms with E-state index in [0.29, 0.717) is 5.82 Å². The summed E-state index contributed by atoms with van der Waals surface area (Å²) in [5.41, 5.74) is 15.0. The Kier molecular flexibility index (Phi) is 7.84. The second-order valence-corrected chi connectivity index (χ2v) is 16.2. The molecule has 294 valence electrons. The Morgan fingerprint density at radius 2 is 0.794 bits per heavy atom. The Hall–Kier alpha value is -8.54. The number of fused-ring (bicyclic) bond motifs is 10. The largest absolute Gasteiger partial charge is 0.309 e. The first kappa shape index (κ1) is 35.2. The number of aromatic nitrogens is 5. The van der Waals surface area contributed by atoms with Crippen molar-refractivity contribution in [2.24, 2.45) is 0 Å². The van der Waals surface area contributed by atoms with Crippen molar-refractivity contribution in [3.8, 4) is 51.0 Å². The molecule has 0 amide bonds. The molecule has 0 aliphatic carbocycles. The zero-order valence-corrected chi connectivity index (χ0v) is 34.1. The van der Waals surface area contributed by atoms with Crippen LogP contribution in [0, 0.1) is 0 Å². The van der Waals surface area contributed by atoms with Crippen LogP contribution in [0.5, 0.6) is 0 Å². The van der Waals surface area contributed by atoms with E-state index in [1.807, 2.05) is 24.3 Å². The molecule has 0 fully saturated rings. The molecule has 0 unspecified atom stereocenters. The summed E-state index contributed by atoms with van der Waals surface area (Å²) >= 11 is 0. The van der Waals surface area contributed by atoms with Crippen LogP contribution < -0.4 is 0 Å². The topological polar surface area (TPSA) is 40.6 Å². The smallest absolute Gasteiger partial charge is 0.160 e. The highest BCUT2D eigenvalue weighted by Crippen LogP contribution is 2.46. The number of rotatable bonds is 6. The number of hydrogen-bond acceptors (Lipinski definition) is 2. The molecule has 0 bridgehead atoms. The van der Waals surface area contributed by atoms with Gasteiger partial charge in [-0.1, -0.05) is 158 Å². The third kappa shape index (κ3) is 5.43. The SMILES string of the molecule is c1ccc(-c2cc(-c3cccc4c3c3c(ccc5c6ccccc6n(-c6ccc7c8ccccc8n(-c8ccccc8)c7c6)c53)n4-c3ccccc3)nc(-c3ccccc3)n2)cc1. The molecule has 63 heavy (non-hydrogen) atoms. The molecule has 0 aliphatic heterocycles. The highest BCUT2D eigenvalue weighted by atomic mass is 15.0. The van der Waals surface area contributed by atoms with Crippen LogP contribution in [0.15, 0.2) is 224 Å². The lowest BCUT2D eigenvalue weighted by Crippen LogP contribution is -1.97. The van der Waals surface area contributed by atoms with Crippen LogP contribution in [0.3, 0.4) is 0 Å². The van der Waals surface area contributed by atoms with E-state index in [1.54, 1.807) is 0 Å². The average molecular weight is 804 g/mol. The van der Waals surface area contributed by atoms with Crippen molar-refractivity contribution in [3.05, 3.63) is 224 Å². The molecule has 0 saturated heterocycles. The zero-order valence-electron chi connectivity index (χ0n) is 34.1. The highest BCUT2D eigenvalue weighted by molar-refractivity contribution is 6.28. The second-order valence-electron chi connectivity index (χ2n) is 16.2. The lowest BCUT2D eigenvalue weighted by molar-refractivity contribution is 1.16. The maximum atomic E-state index is 5.41. The molecular formula is C58H37N5. The van der Waals surface area contributed by atoms with E-state index in [-0.39, 0.29) is 0 Å². The van der Waals surface area contributed by atoms with E-state index < -0.39 is 0 Å². The lowest BCUT2D eigenvalue weighted by atomic mass is 10.00. The van der Waals surface area contributed by atoms with E-state index in [9.17, 15) is 0 Å². The Bertz CT molecular complexity index is 3820. The summed E-state index contributed by atoms with van der Waals surface area (Å²) in [6, 6.07) is 80.2. The molecule has 0 saturated carbocycles. The minimum Gasteiger partial charge on any atom is -0.309 e. The fourth-order valence-corrected chi connectivity index (χ4v) is 9.95. The van der Waals surface area contributed by atoms with Gasteiger partial charge in [0, 0.05) is 66.1 Å². The van der Waals surface area contributed by atoms with Crippen LogP contribution in [0.25, 0.3) is 116 Å². The molecule has 13 rings (SSSR count). The maximum absolute atomic E-state index is 5.41. The monoisotopic (exact) mass is 803 g/mol. The van der Waals surface area contributed by atoms with Gasteiger partial charge >= 0.3 is 0 Å². The molecule has 4 aromatic heterocycles. The quantitative estimate of drug-likeness (QED) is 0.168. The first-order valence-electron chi connectivity index (χ1n) is 21.4. The Morgan fingerprint density at radius 1 is 0.286 bits per heavy atom. The van der Waals surface area contributed by atoms with Gasteiger partial charge in [-0.2, -0.15) is 0 Å². The standard InChI is InChI=1S/C58H37N5/c1-5-18-38(19-6-1)48-37-49(60-58(59-48)39-20-7-2-8-21-39)47-28-17-31-52-55(47)56-53(62(52)41-24-11-4-12-25-41)35-34-46-44-27-14-16-30-51(44)63(57(46)56)42-32-33-45-43-26-13-15-29-50(43)61(54(45)36-42)40-22-9-3-10-23-40/h1-37H. The van der Waals surface area contributed by atoms with Crippen LogP contribution in [-0.2, 0) is 0 Å². The van der Waals surface area contributed by atoms with Crippen molar-refractivity contribution >= 4 is 65.4 Å². The van der Waals surface area contributed by atoms with E-state index >= 15 is 0 Å². The second kappa shape index (κ2) is 14.0. The van der Waals surface area contributed by atoms with Gasteiger partial charge in [0.1, 0.15) is 0 Å². The third-order valence-corrected chi connectivity index (χ3v) is 12.6. The molecule has 0 N–H and O–H groups in total. The predicted octanol–water partition coefficient (Wildman–Crippen LogP) is 14.8. The van der Waals surface area contributed by atoms with Gasteiger partial charge in [0.15, 0.2) is 5.82 Å². The van der Waals surface area contributed by atoms with Gasteiger partial charge in [-0.3, -0.25) is 0 Å². The van der Waals surface area contributed by atoms with Crippen LogP contribution in [0.4, 0.5) is 0 Å². The minimum atomic E-state index is 0.692. The van der Waals surface area contributed by atoms with Crippen molar-refractivity contribution in [2.75, 3.05) is 0 Å². The highest BCUT2D eigenvalue weighted by Gasteiger charge is 2.24. The van der Waals surface area contributed by atoms with E-state index in [4.69, 9.17) is 9.97 Å². The molecule has 5 heteroatoms. The Labute approximate surface area is 363 Å². The molecule has 0 aliphatic rings. The molecular weight excluding hydrogens is 767 g/mol. The molecule has 13 aromatic rings. The molecule has 0 atom stereocenters. The molecule has 0 spiro atoms. The predicted molar refractivity (Wildman–Crippen MR) is 261 cm³/mol. The van der Waals surface area contributed by atoms with E-state index in [1.165, 1.54) is 32.4 Å². The van der Waals surface area contributed by atoms with Gasteiger partial charge in [0.2, 0.25) is 0 Å². The summed E-state index contributed by atoms with van der Waals surface area (Å²) < 4.78 is 7.32. The number of nitrogens with zero attached hydrogens (tertiary/aromatic N) is 5.